The highest BCUT2D eigenvalue weighted by atomic mass is 16.5. The van der Waals surface area contributed by atoms with Crippen LogP contribution in [0.15, 0.2) is 0 Å². The van der Waals surface area contributed by atoms with Gasteiger partial charge >= 0.3 is 0 Å². The third-order valence-corrected chi connectivity index (χ3v) is 3.52. The monoisotopic (exact) mass is 240 g/mol. The number of amides is 2. The number of hydrogen-bond donors (Lipinski definition) is 1. The van der Waals surface area contributed by atoms with Crippen LogP contribution in [0, 0.1) is 11.8 Å². The molecule has 2 aliphatic heterocycles. The Morgan fingerprint density at radius 1 is 1.59 bits per heavy atom. The predicted molar refractivity (Wildman–Crippen MR) is 62.3 cm³/mol. The number of carbonyl (C=O) groups is 2. The minimum absolute atomic E-state index is 0.0106. The summed E-state index contributed by atoms with van der Waals surface area (Å²) in [6, 6.07) is 0. The van der Waals surface area contributed by atoms with E-state index in [1.165, 1.54) is 0 Å². The fraction of sp³-hybridized carbons (Fsp3) is 0.833. The highest BCUT2D eigenvalue weighted by Crippen LogP contribution is 2.17. The van der Waals surface area contributed by atoms with E-state index in [-0.39, 0.29) is 17.7 Å². The van der Waals surface area contributed by atoms with Crippen molar-refractivity contribution in [1.29, 1.82) is 0 Å². The molecule has 2 atom stereocenters. The topological polar surface area (TPSA) is 58.6 Å². The van der Waals surface area contributed by atoms with Crippen LogP contribution in [0.25, 0.3) is 0 Å². The summed E-state index contributed by atoms with van der Waals surface area (Å²) in [6.07, 6.45) is 1.38. The van der Waals surface area contributed by atoms with Crippen molar-refractivity contribution in [3.8, 4) is 0 Å². The number of hydrogen-bond acceptors (Lipinski definition) is 3. The third kappa shape index (κ3) is 2.97. The quantitative estimate of drug-likeness (QED) is 0.753. The van der Waals surface area contributed by atoms with Crippen molar-refractivity contribution in [2.75, 3.05) is 32.8 Å². The molecule has 96 valence electrons. The lowest BCUT2D eigenvalue weighted by Gasteiger charge is -2.26. The molecule has 2 fully saturated rings. The Morgan fingerprint density at radius 2 is 2.41 bits per heavy atom. The first-order valence-corrected chi connectivity index (χ1v) is 6.34. The summed E-state index contributed by atoms with van der Waals surface area (Å²) < 4.78 is 5.32. The van der Waals surface area contributed by atoms with Gasteiger partial charge < -0.3 is 15.0 Å². The summed E-state index contributed by atoms with van der Waals surface area (Å²) in [5, 5.41) is 2.71. The molecule has 2 saturated heterocycles. The Hall–Kier alpha value is -1.10. The maximum atomic E-state index is 12.2. The van der Waals surface area contributed by atoms with Gasteiger partial charge in [0.1, 0.15) is 0 Å². The van der Waals surface area contributed by atoms with E-state index in [0.717, 1.165) is 26.2 Å². The van der Waals surface area contributed by atoms with Gasteiger partial charge in [0.2, 0.25) is 11.8 Å². The zero-order chi connectivity index (χ0) is 12.3. The lowest BCUT2D eigenvalue weighted by Crippen LogP contribution is -2.40. The second-order valence-electron chi connectivity index (χ2n) is 4.81. The normalized spacial score (nSPS) is 28.2. The molecule has 2 amide bonds. The molecule has 5 heteroatoms. The van der Waals surface area contributed by atoms with Gasteiger partial charge in [-0.15, -0.1) is 0 Å². The largest absolute Gasteiger partial charge is 0.381 e. The van der Waals surface area contributed by atoms with Crippen LogP contribution in [-0.2, 0) is 14.3 Å². The Bertz CT molecular complexity index is 300. The van der Waals surface area contributed by atoms with Gasteiger partial charge in [-0.3, -0.25) is 9.59 Å². The molecule has 0 spiro atoms. The van der Waals surface area contributed by atoms with Crippen molar-refractivity contribution in [1.82, 2.24) is 10.2 Å². The molecule has 17 heavy (non-hydrogen) atoms. The maximum Gasteiger partial charge on any atom is 0.227 e. The predicted octanol–water partition coefficient (Wildman–Crippen LogP) is 0.00750. The Morgan fingerprint density at radius 3 is 2.94 bits per heavy atom. The molecule has 2 unspecified atom stereocenters. The van der Waals surface area contributed by atoms with Crippen LogP contribution in [-0.4, -0.2) is 49.6 Å². The SMILES string of the molecule is CCN(CC1CCOC1)C(=O)C1CNC(=O)C1. The Balaban J connectivity index is 1.88. The van der Waals surface area contributed by atoms with Crippen LogP contribution in [0.1, 0.15) is 19.8 Å². The molecule has 0 aromatic carbocycles. The van der Waals surface area contributed by atoms with E-state index in [9.17, 15) is 9.59 Å². The fourth-order valence-corrected chi connectivity index (χ4v) is 2.45. The van der Waals surface area contributed by atoms with E-state index in [2.05, 4.69) is 5.32 Å². The number of nitrogens with zero attached hydrogens (tertiary/aromatic N) is 1. The minimum Gasteiger partial charge on any atom is -0.381 e. The summed E-state index contributed by atoms with van der Waals surface area (Å²) in [6.45, 7) is 5.51. The summed E-state index contributed by atoms with van der Waals surface area (Å²) in [5.74, 6) is 0.398. The number of nitrogens with one attached hydrogen (secondary N) is 1. The van der Waals surface area contributed by atoms with Crippen molar-refractivity contribution >= 4 is 11.8 Å². The molecule has 2 aliphatic rings. The van der Waals surface area contributed by atoms with Gasteiger partial charge in [-0.05, 0) is 13.3 Å². The summed E-state index contributed by atoms with van der Waals surface area (Å²) in [4.78, 5) is 25.2. The van der Waals surface area contributed by atoms with Gasteiger partial charge in [0.15, 0.2) is 0 Å². The van der Waals surface area contributed by atoms with Gasteiger partial charge in [0, 0.05) is 38.6 Å². The lowest BCUT2D eigenvalue weighted by atomic mass is 10.0. The molecule has 0 aliphatic carbocycles. The van der Waals surface area contributed by atoms with Crippen molar-refractivity contribution < 1.29 is 14.3 Å². The van der Waals surface area contributed by atoms with Crippen LogP contribution in [0.4, 0.5) is 0 Å². The van der Waals surface area contributed by atoms with Gasteiger partial charge in [-0.25, -0.2) is 0 Å². The summed E-state index contributed by atoms with van der Waals surface area (Å²) in [7, 11) is 0. The van der Waals surface area contributed by atoms with Crippen molar-refractivity contribution in [3.63, 3.8) is 0 Å². The van der Waals surface area contributed by atoms with E-state index in [1.54, 1.807) is 0 Å². The lowest BCUT2D eigenvalue weighted by molar-refractivity contribution is -0.136. The molecule has 0 saturated carbocycles. The van der Waals surface area contributed by atoms with E-state index < -0.39 is 0 Å². The molecular formula is C12H20N2O3. The van der Waals surface area contributed by atoms with E-state index in [4.69, 9.17) is 4.74 Å². The highest BCUT2D eigenvalue weighted by Gasteiger charge is 2.32. The summed E-state index contributed by atoms with van der Waals surface area (Å²) >= 11 is 0. The average molecular weight is 240 g/mol. The molecule has 2 heterocycles. The van der Waals surface area contributed by atoms with Gasteiger partial charge in [0.05, 0.1) is 12.5 Å². The van der Waals surface area contributed by atoms with Crippen molar-refractivity contribution in [3.05, 3.63) is 0 Å². The van der Waals surface area contributed by atoms with Crippen LogP contribution in [0.3, 0.4) is 0 Å². The number of rotatable bonds is 4. The van der Waals surface area contributed by atoms with Crippen LogP contribution < -0.4 is 5.32 Å². The fourth-order valence-electron chi connectivity index (χ4n) is 2.45. The molecule has 0 aromatic rings. The third-order valence-electron chi connectivity index (χ3n) is 3.52. The Labute approximate surface area is 101 Å². The van der Waals surface area contributed by atoms with Crippen LogP contribution >= 0.6 is 0 Å². The second kappa shape index (κ2) is 5.49. The van der Waals surface area contributed by atoms with Gasteiger partial charge in [-0.2, -0.15) is 0 Å². The number of carbonyl (C=O) groups excluding carboxylic acids is 2. The first-order valence-electron chi connectivity index (χ1n) is 6.34. The smallest absolute Gasteiger partial charge is 0.227 e. The molecule has 0 radical (unpaired) electrons. The van der Waals surface area contributed by atoms with E-state index in [1.807, 2.05) is 11.8 Å². The minimum atomic E-state index is -0.162. The number of ether oxygens (including phenoxy) is 1. The molecule has 5 nitrogen and oxygen atoms in total. The first kappa shape index (κ1) is 12.4. The Kier molecular flexibility index (Phi) is 3.99. The van der Waals surface area contributed by atoms with Gasteiger partial charge in [0.25, 0.3) is 0 Å². The van der Waals surface area contributed by atoms with Crippen molar-refractivity contribution in [2.24, 2.45) is 11.8 Å². The first-order chi connectivity index (χ1) is 8.20. The molecular weight excluding hydrogens is 220 g/mol. The maximum absolute atomic E-state index is 12.2. The van der Waals surface area contributed by atoms with E-state index in [0.29, 0.717) is 25.4 Å². The van der Waals surface area contributed by atoms with E-state index >= 15 is 0 Å². The zero-order valence-electron chi connectivity index (χ0n) is 10.3. The highest BCUT2D eigenvalue weighted by molar-refractivity contribution is 5.89. The standard InChI is InChI=1S/C12H20N2O3/c1-2-14(7-9-3-4-17-8-9)12(16)10-5-11(15)13-6-10/h9-10H,2-8H2,1H3,(H,13,15). The molecule has 0 bridgehead atoms. The van der Waals surface area contributed by atoms with Crippen molar-refractivity contribution in [2.45, 2.75) is 19.8 Å². The van der Waals surface area contributed by atoms with Gasteiger partial charge in [-0.1, -0.05) is 0 Å². The summed E-state index contributed by atoms with van der Waals surface area (Å²) in [5.41, 5.74) is 0. The average Bonchev–Trinajstić information content (AvgIpc) is 2.96. The molecule has 0 aromatic heterocycles. The molecule has 1 N–H and O–H groups in total. The molecule has 2 rings (SSSR count). The zero-order valence-corrected chi connectivity index (χ0v) is 10.3. The van der Waals surface area contributed by atoms with Crippen LogP contribution in [0.5, 0.6) is 0 Å². The van der Waals surface area contributed by atoms with Crippen LogP contribution in [0.2, 0.25) is 0 Å². The second-order valence-corrected chi connectivity index (χ2v) is 4.81.